The van der Waals surface area contributed by atoms with E-state index >= 15 is 0 Å². The summed E-state index contributed by atoms with van der Waals surface area (Å²) in [5.74, 6) is 1.61. The van der Waals surface area contributed by atoms with Crippen molar-refractivity contribution in [1.29, 1.82) is 0 Å². The van der Waals surface area contributed by atoms with Crippen molar-refractivity contribution in [2.75, 3.05) is 13.2 Å². The fourth-order valence-electron chi connectivity index (χ4n) is 5.07. The van der Waals surface area contributed by atoms with Gasteiger partial charge in [0.15, 0.2) is 5.96 Å². The third-order valence-electron chi connectivity index (χ3n) is 6.40. The van der Waals surface area contributed by atoms with Crippen LogP contribution < -0.4 is 10.6 Å². The number of nitrogens with one attached hydrogen (secondary N) is 2. The Morgan fingerprint density at radius 1 is 1.20 bits per heavy atom. The Morgan fingerprint density at radius 2 is 2.00 bits per heavy atom. The molecule has 2 aliphatic carbocycles. The summed E-state index contributed by atoms with van der Waals surface area (Å²) in [5, 5.41) is 7.46. The molecule has 4 atom stereocenters. The molecule has 2 N–H and O–H groups in total. The van der Waals surface area contributed by atoms with Crippen LogP contribution in [-0.2, 0) is 17.6 Å². The van der Waals surface area contributed by atoms with Gasteiger partial charge in [-0.15, -0.1) is 0 Å². The number of hydrogen-bond donors (Lipinski definition) is 2. The maximum absolute atomic E-state index is 5.93. The van der Waals surface area contributed by atoms with Crippen LogP contribution in [0, 0.1) is 11.3 Å². The van der Waals surface area contributed by atoms with Crippen LogP contribution in [-0.4, -0.2) is 37.3 Å². The van der Waals surface area contributed by atoms with Gasteiger partial charge >= 0.3 is 0 Å². The molecule has 4 heteroatoms. The number of guanidine groups is 1. The minimum Gasteiger partial charge on any atom is -0.377 e. The van der Waals surface area contributed by atoms with Crippen molar-refractivity contribution in [3.05, 3.63) is 35.4 Å². The topological polar surface area (TPSA) is 45.7 Å². The lowest BCUT2D eigenvalue weighted by Gasteiger charge is -2.55. The fourth-order valence-corrected chi connectivity index (χ4v) is 5.07. The van der Waals surface area contributed by atoms with Crippen LogP contribution in [0.4, 0.5) is 0 Å². The van der Waals surface area contributed by atoms with Gasteiger partial charge in [0.2, 0.25) is 0 Å². The lowest BCUT2D eigenvalue weighted by molar-refractivity contribution is -0.106. The second kappa shape index (κ2) is 6.64. The molecule has 0 spiro atoms. The van der Waals surface area contributed by atoms with Crippen molar-refractivity contribution in [2.45, 2.75) is 64.6 Å². The Labute approximate surface area is 151 Å². The summed E-state index contributed by atoms with van der Waals surface area (Å²) in [7, 11) is 0. The first-order valence-corrected chi connectivity index (χ1v) is 9.85. The number of aryl methyl sites for hydroxylation is 1. The molecule has 136 valence electrons. The monoisotopic (exact) mass is 341 g/mol. The Bertz CT molecular complexity index is 654. The van der Waals surface area contributed by atoms with E-state index in [0.717, 1.165) is 32.0 Å². The van der Waals surface area contributed by atoms with E-state index < -0.39 is 0 Å². The summed E-state index contributed by atoms with van der Waals surface area (Å²) in [4.78, 5) is 4.73. The van der Waals surface area contributed by atoms with Crippen LogP contribution >= 0.6 is 0 Å². The van der Waals surface area contributed by atoms with Gasteiger partial charge in [-0.2, -0.15) is 0 Å². The first-order chi connectivity index (χ1) is 12.1. The molecule has 0 radical (unpaired) electrons. The molecule has 0 bridgehead atoms. The number of fused-ring (bicyclic) bond motifs is 2. The minimum atomic E-state index is 0.177. The van der Waals surface area contributed by atoms with Gasteiger partial charge in [-0.1, -0.05) is 38.1 Å². The van der Waals surface area contributed by atoms with Gasteiger partial charge < -0.3 is 15.4 Å². The number of benzene rings is 1. The Morgan fingerprint density at radius 3 is 2.80 bits per heavy atom. The molecule has 2 fully saturated rings. The van der Waals surface area contributed by atoms with Crippen molar-refractivity contribution in [2.24, 2.45) is 16.3 Å². The smallest absolute Gasteiger partial charge is 0.191 e. The number of ether oxygens (including phenoxy) is 1. The zero-order valence-electron chi connectivity index (χ0n) is 15.7. The molecule has 4 unspecified atom stereocenters. The largest absolute Gasteiger partial charge is 0.377 e. The van der Waals surface area contributed by atoms with Crippen LogP contribution in [0.5, 0.6) is 0 Å². The zero-order chi connectivity index (χ0) is 17.4. The summed E-state index contributed by atoms with van der Waals surface area (Å²) in [6.45, 7) is 8.45. The molecule has 1 saturated carbocycles. The number of nitrogens with zero attached hydrogens (tertiary/aromatic N) is 1. The Balaban J connectivity index is 1.42. The summed E-state index contributed by atoms with van der Waals surface area (Å²) in [6, 6.07) is 9.75. The average Bonchev–Trinajstić information content (AvgIpc) is 3.07. The number of hydrogen-bond acceptors (Lipinski definition) is 2. The first-order valence-electron chi connectivity index (χ1n) is 9.85. The lowest BCUT2D eigenvalue weighted by Crippen LogP contribution is -2.68. The predicted molar refractivity (Wildman–Crippen MR) is 102 cm³/mol. The molecule has 3 aliphatic rings. The van der Waals surface area contributed by atoms with E-state index in [4.69, 9.17) is 9.73 Å². The molecule has 1 aromatic rings. The third kappa shape index (κ3) is 3.05. The summed E-state index contributed by atoms with van der Waals surface area (Å²) < 4.78 is 5.93. The Hall–Kier alpha value is -1.55. The van der Waals surface area contributed by atoms with Crippen molar-refractivity contribution >= 4 is 5.96 Å². The summed E-state index contributed by atoms with van der Waals surface area (Å²) in [5.41, 5.74) is 3.17. The highest BCUT2D eigenvalue weighted by Crippen LogP contribution is 2.52. The Kier molecular flexibility index (Phi) is 4.48. The van der Waals surface area contributed by atoms with Crippen LogP contribution in [0.25, 0.3) is 0 Å². The molecule has 4 nitrogen and oxygen atoms in total. The maximum atomic E-state index is 5.93. The van der Waals surface area contributed by atoms with Gasteiger partial charge in [0.25, 0.3) is 0 Å². The summed E-state index contributed by atoms with van der Waals surface area (Å²) >= 11 is 0. The molecule has 1 heterocycles. The van der Waals surface area contributed by atoms with Crippen LogP contribution in [0.3, 0.4) is 0 Å². The van der Waals surface area contributed by atoms with E-state index in [1.54, 1.807) is 0 Å². The minimum absolute atomic E-state index is 0.177. The van der Waals surface area contributed by atoms with Crippen LogP contribution in [0.1, 0.15) is 44.7 Å². The third-order valence-corrected chi connectivity index (χ3v) is 6.40. The van der Waals surface area contributed by atoms with Gasteiger partial charge in [0.05, 0.1) is 6.10 Å². The van der Waals surface area contributed by atoms with E-state index in [-0.39, 0.29) is 5.41 Å². The van der Waals surface area contributed by atoms with Crippen molar-refractivity contribution in [1.82, 2.24) is 10.6 Å². The predicted octanol–water partition coefficient (Wildman–Crippen LogP) is 2.91. The molecule has 4 rings (SSSR count). The zero-order valence-corrected chi connectivity index (χ0v) is 15.7. The van der Waals surface area contributed by atoms with E-state index in [0.29, 0.717) is 24.1 Å². The van der Waals surface area contributed by atoms with E-state index in [2.05, 4.69) is 55.7 Å². The van der Waals surface area contributed by atoms with Crippen molar-refractivity contribution in [3.8, 4) is 0 Å². The molecule has 1 saturated heterocycles. The van der Waals surface area contributed by atoms with Gasteiger partial charge in [0.1, 0.15) is 0 Å². The molecule has 0 aromatic heterocycles. The van der Waals surface area contributed by atoms with Gasteiger partial charge in [-0.25, -0.2) is 0 Å². The standard InChI is InChI=1S/C21H31N3O/c1-4-22-20(24-18-17-11-12-25-19(17)21(18,2)3)23-16-10-9-14-7-5-6-8-15(14)13-16/h5-8,16-19H,4,9-13H2,1-3H3,(H2,22,23,24). The fraction of sp³-hybridized carbons (Fsp3) is 0.667. The summed E-state index contributed by atoms with van der Waals surface area (Å²) in [6.07, 6.45) is 4.99. The van der Waals surface area contributed by atoms with Gasteiger partial charge in [-0.05, 0) is 43.7 Å². The van der Waals surface area contributed by atoms with Crippen molar-refractivity contribution in [3.63, 3.8) is 0 Å². The van der Waals surface area contributed by atoms with Crippen LogP contribution in [0.2, 0.25) is 0 Å². The molecule has 25 heavy (non-hydrogen) atoms. The van der Waals surface area contributed by atoms with Crippen LogP contribution in [0.15, 0.2) is 29.3 Å². The number of rotatable bonds is 3. The van der Waals surface area contributed by atoms with E-state index in [1.807, 2.05) is 0 Å². The van der Waals surface area contributed by atoms with E-state index in [1.165, 1.54) is 24.0 Å². The van der Waals surface area contributed by atoms with Crippen molar-refractivity contribution < 1.29 is 4.74 Å². The average molecular weight is 341 g/mol. The highest BCUT2D eigenvalue weighted by atomic mass is 16.5. The molecular weight excluding hydrogens is 310 g/mol. The highest BCUT2D eigenvalue weighted by Gasteiger charge is 2.59. The lowest BCUT2D eigenvalue weighted by atomic mass is 9.57. The maximum Gasteiger partial charge on any atom is 0.191 e. The quantitative estimate of drug-likeness (QED) is 0.656. The number of aliphatic imine (C=N–C) groups is 1. The van der Waals surface area contributed by atoms with E-state index in [9.17, 15) is 0 Å². The molecule has 1 aromatic carbocycles. The highest BCUT2D eigenvalue weighted by molar-refractivity contribution is 5.81. The molecular formula is C21H31N3O. The van der Waals surface area contributed by atoms with Gasteiger partial charge in [-0.3, -0.25) is 4.99 Å². The second-order valence-corrected chi connectivity index (χ2v) is 8.36. The molecule has 0 amide bonds. The van der Waals surface area contributed by atoms with Gasteiger partial charge in [0, 0.05) is 36.6 Å². The second-order valence-electron chi connectivity index (χ2n) is 8.36. The first kappa shape index (κ1) is 16.9. The normalized spacial score (nSPS) is 33.2. The molecule has 1 aliphatic heterocycles. The SMILES string of the molecule is CCN=C(NC1CCc2ccccc2C1)NC1C2CCOC2C1(C)C.